The Morgan fingerprint density at radius 1 is 1.07 bits per heavy atom. The minimum Gasteiger partial charge on any atom is -0.347 e. The highest BCUT2D eigenvalue weighted by Gasteiger charge is 2.14. The maximum Gasteiger partial charge on any atom is 0.258 e. The van der Waals surface area contributed by atoms with Gasteiger partial charge < -0.3 is 10.2 Å². The molecule has 0 saturated carbocycles. The highest BCUT2D eigenvalue weighted by Crippen LogP contribution is 2.25. The maximum atomic E-state index is 12.8. The fraction of sp³-hybridized carbons (Fsp3) is 0.238. The number of rotatable bonds is 6. The van der Waals surface area contributed by atoms with Crippen molar-refractivity contribution in [1.82, 2.24) is 15.0 Å². The molecule has 6 nitrogen and oxygen atoms in total. The first-order valence-electron chi connectivity index (χ1n) is 8.89. The number of aryl methyl sites for hydroxylation is 2. The van der Waals surface area contributed by atoms with Gasteiger partial charge in [0.1, 0.15) is 5.03 Å². The summed E-state index contributed by atoms with van der Waals surface area (Å²) in [7, 11) is 3.81. The summed E-state index contributed by atoms with van der Waals surface area (Å²) in [5.74, 6) is 1.09. The summed E-state index contributed by atoms with van der Waals surface area (Å²) >= 11 is 1.49. The van der Waals surface area contributed by atoms with Crippen LogP contribution in [0.3, 0.4) is 0 Å². The molecule has 144 valence electrons. The molecule has 2 heterocycles. The lowest BCUT2D eigenvalue weighted by atomic mass is 10.1. The van der Waals surface area contributed by atoms with Gasteiger partial charge in [0, 0.05) is 37.9 Å². The van der Waals surface area contributed by atoms with Crippen LogP contribution in [0.15, 0.2) is 53.8 Å². The van der Waals surface area contributed by atoms with E-state index in [-0.39, 0.29) is 5.91 Å². The largest absolute Gasteiger partial charge is 0.347 e. The van der Waals surface area contributed by atoms with Gasteiger partial charge >= 0.3 is 0 Å². The van der Waals surface area contributed by atoms with Crippen molar-refractivity contribution in [2.75, 3.05) is 24.3 Å². The number of pyridine rings is 1. The molecule has 0 aliphatic carbocycles. The van der Waals surface area contributed by atoms with Gasteiger partial charge in [-0.3, -0.25) is 4.79 Å². The predicted molar refractivity (Wildman–Crippen MR) is 114 cm³/mol. The Hall–Kier alpha value is -2.93. The SMILES string of the molecule is Cc1cc(C)cc(NC(=O)c2cccnc2SCc2ccnc(N(C)C)n2)c1. The molecule has 0 saturated heterocycles. The zero-order valence-corrected chi connectivity index (χ0v) is 17.2. The number of hydrogen-bond donors (Lipinski definition) is 1. The standard InChI is InChI=1S/C21H23N5OS/c1-14-10-15(2)12-17(11-14)24-19(27)18-6-5-8-22-20(18)28-13-16-7-9-23-21(25-16)26(3)4/h5-12H,13H2,1-4H3,(H,24,27). The fourth-order valence-corrected chi connectivity index (χ4v) is 3.64. The second-order valence-electron chi connectivity index (χ2n) is 6.72. The van der Waals surface area contributed by atoms with Crippen molar-refractivity contribution in [1.29, 1.82) is 0 Å². The Balaban J connectivity index is 1.75. The van der Waals surface area contributed by atoms with Gasteiger partial charge in [-0.15, -0.1) is 0 Å². The van der Waals surface area contributed by atoms with Crippen LogP contribution in [0, 0.1) is 13.8 Å². The third-order valence-corrected chi connectivity index (χ3v) is 4.99. The number of hydrogen-bond acceptors (Lipinski definition) is 6. The first-order valence-corrected chi connectivity index (χ1v) is 9.87. The second-order valence-corrected chi connectivity index (χ2v) is 7.68. The molecule has 3 aromatic rings. The molecule has 1 amide bonds. The van der Waals surface area contributed by atoms with Gasteiger partial charge in [-0.25, -0.2) is 15.0 Å². The first kappa shape index (κ1) is 19.8. The molecule has 7 heteroatoms. The summed E-state index contributed by atoms with van der Waals surface area (Å²) < 4.78 is 0. The lowest BCUT2D eigenvalue weighted by Crippen LogP contribution is -2.14. The zero-order valence-electron chi connectivity index (χ0n) is 16.4. The normalized spacial score (nSPS) is 10.6. The van der Waals surface area contributed by atoms with Crippen molar-refractivity contribution in [2.24, 2.45) is 0 Å². The van der Waals surface area contributed by atoms with Crippen LogP contribution >= 0.6 is 11.8 Å². The number of carbonyl (C=O) groups excluding carboxylic acids is 1. The predicted octanol–water partition coefficient (Wildman–Crippen LogP) is 4.10. The van der Waals surface area contributed by atoms with Crippen LogP contribution in [0.5, 0.6) is 0 Å². The van der Waals surface area contributed by atoms with Crippen LogP contribution in [-0.4, -0.2) is 35.0 Å². The van der Waals surface area contributed by atoms with E-state index in [2.05, 4.69) is 26.3 Å². The smallest absolute Gasteiger partial charge is 0.258 e. The molecule has 0 fully saturated rings. The van der Waals surface area contributed by atoms with Crippen LogP contribution < -0.4 is 10.2 Å². The Labute approximate surface area is 169 Å². The summed E-state index contributed by atoms with van der Waals surface area (Å²) in [5, 5.41) is 3.65. The summed E-state index contributed by atoms with van der Waals surface area (Å²) in [6, 6.07) is 11.4. The van der Waals surface area contributed by atoms with E-state index >= 15 is 0 Å². The van der Waals surface area contributed by atoms with E-state index in [0.717, 1.165) is 22.5 Å². The molecular weight excluding hydrogens is 370 g/mol. The molecule has 0 radical (unpaired) electrons. The molecule has 0 bridgehead atoms. The Morgan fingerprint density at radius 3 is 2.54 bits per heavy atom. The van der Waals surface area contributed by atoms with E-state index in [1.54, 1.807) is 24.5 Å². The van der Waals surface area contributed by atoms with Crippen LogP contribution in [0.2, 0.25) is 0 Å². The van der Waals surface area contributed by atoms with Crippen LogP contribution in [0.4, 0.5) is 11.6 Å². The zero-order chi connectivity index (χ0) is 20.1. The summed E-state index contributed by atoms with van der Waals surface area (Å²) in [6.07, 6.45) is 3.44. The molecule has 0 aliphatic heterocycles. The van der Waals surface area contributed by atoms with Crippen molar-refractivity contribution in [3.05, 3.63) is 71.2 Å². The monoisotopic (exact) mass is 393 g/mol. The highest BCUT2D eigenvalue weighted by atomic mass is 32.2. The summed E-state index contributed by atoms with van der Waals surface area (Å²) in [6.45, 7) is 4.02. The minimum atomic E-state index is -0.169. The van der Waals surface area contributed by atoms with Crippen LogP contribution in [0.1, 0.15) is 27.2 Å². The molecule has 0 atom stereocenters. The molecule has 3 rings (SSSR count). The number of amides is 1. The van der Waals surface area contributed by atoms with Crippen molar-refractivity contribution >= 4 is 29.3 Å². The molecule has 0 aliphatic rings. The molecule has 0 spiro atoms. The van der Waals surface area contributed by atoms with Gasteiger partial charge in [0.05, 0.1) is 11.3 Å². The van der Waals surface area contributed by atoms with Gasteiger partial charge in [0.15, 0.2) is 0 Å². The average molecular weight is 394 g/mol. The number of thioether (sulfide) groups is 1. The van der Waals surface area contributed by atoms with Gasteiger partial charge in [-0.2, -0.15) is 0 Å². The van der Waals surface area contributed by atoms with E-state index in [9.17, 15) is 4.79 Å². The van der Waals surface area contributed by atoms with E-state index in [1.807, 2.05) is 51.0 Å². The van der Waals surface area contributed by atoms with Crippen LogP contribution in [-0.2, 0) is 5.75 Å². The van der Waals surface area contributed by atoms with Gasteiger partial charge in [-0.05, 0) is 55.3 Å². The fourth-order valence-electron chi connectivity index (χ4n) is 2.75. The Bertz CT molecular complexity index is 970. The molecule has 1 aromatic carbocycles. The van der Waals surface area contributed by atoms with E-state index in [4.69, 9.17) is 0 Å². The second kappa shape index (κ2) is 8.84. The minimum absolute atomic E-state index is 0.169. The number of benzene rings is 1. The summed E-state index contributed by atoms with van der Waals surface area (Å²) in [4.78, 5) is 27.8. The van der Waals surface area contributed by atoms with Crippen LogP contribution in [0.25, 0.3) is 0 Å². The average Bonchev–Trinajstić information content (AvgIpc) is 2.66. The number of nitrogens with one attached hydrogen (secondary N) is 1. The molecule has 1 N–H and O–H groups in total. The van der Waals surface area contributed by atoms with Crippen molar-refractivity contribution in [3.8, 4) is 0 Å². The van der Waals surface area contributed by atoms with E-state index < -0.39 is 0 Å². The third-order valence-electron chi connectivity index (χ3n) is 3.95. The Kier molecular flexibility index (Phi) is 6.26. The van der Waals surface area contributed by atoms with Gasteiger partial charge in [0.25, 0.3) is 5.91 Å². The van der Waals surface area contributed by atoms with Crippen molar-refractivity contribution in [3.63, 3.8) is 0 Å². The Morgan fingerprint density at radius 2 is 1.82 bits per heavy atom. The first-order chi connectivity index (χ1) is 13.4. The number of anilines is 2. The third kappa shape index (κ3) is 5.07. The van der Waals surface area contributed by atoms with Gasteiger partial charge in [0.2, 0.25) is 5.95 Å². The quantitative estimate of drug-likeness (QED) is 0.636. The van der Waals surface area contributed by atoms with Crippen molar-refractivity contribution < 1.29 is 4.79 Å². The highest BCUT2D eigenvalue weighted by molar-refractivity contribution is 7.98. The lowest BCUT2D eigenvalue weighted by Gasteiger charge is -2.12. The molecule has 0 unspecified atom stereocenters. The number of nitrogens with zero attached hydrogens (tertiary/aromatic N) is 4. The number of aromatic nitrogens is 3. The molecular formula is C21H23N5OS. The topological polar surface area (TPSA) is 71.0 Å². The molecule has 2 aromatic heterocycles. The molecule has 28 heavy (non-hydrogen) atoms. The number of carbonyl (C=O) groups is 1. The maximum absolute atomic E-state index is 12.8. The van der Waals surface area contributed by atoms with Crippen molar-refractivity contribution in [2.45, 2.75) is 24.6 Å². The summed E-state index contributed by atoms with van der Waals surface area (Å²) in [5.41, 5.74) is 4.44. The van der Waals surface area contributed by atoms with E-state index in [1.165, 1.54) is 11.8 Å². The lowest BCUT2D eigenvalue weighted by molar-refractivity contribution is 0.102. The van der Waals surface area contributed by atoms with Gasteiger partial charge in [-0.1, -0.05) is 17.8 Å². The van der Waals surface area contributed by atoms with E-state index in [0.29, 0.717) is 22.3 Å².